The van der Waals surface area contributed by atoms with Crippen LogP contribution in [-0.4, -0.2) is 35.4 Å². The Morgan fingerprint density at radius 1 is 1.04 bits per heavy atom. The quantitative estimate of drug-likeness (QED) is 0.702. The summed E-state index contributed by atoms with van der Waals surface area (Å²) < 4.78 is 22.6. The summed E-state index contributed by atoms with van der Waals surface area (Å²) in [5.41, 5.74) is 4.61. The van der Waals surface area contributed by atoms with Crippen LogP contribution in [0.2, 0.25) is 0 Å². The van der Waals surface area contributed by atoms with Crippen LogP contribution in [0.3, 0.4) is 0 Å². The molecule has 0 aliphatic rings. The van der Waals surface area contributed by atoms with E-state index in [2.05, 4.69) is 20.3 Å². The molecule has 1 N–H and O–H groups in total. The number of hydrogen-bond acceptors (Lipinski definition) is 6. The molecule has 0 bridgehead atoms. The number of benzene rings is 1. The highest BCUT2D eigenvalue weighted by atomic mass is 32.2. The zero-order valence-corrected chi connectivity index (χ0v) is 16.4. The number of pyridine rings is 1. The molecule has 6 nitrogen and oxygen atoms in total. The van der Waals surface area contributed by atoms with Crippen molar-refractivity contribution >= 4 is 21.3 Å². The SMILES string of the molecule is Cc1nc(-c2cccnc2)nc(Nc2ccc(CCS(C)(=O)=O)cc2)c1C. The molecule has 0 saturated carbocycles. The van der Waals surface area contributed by atoms with Gasteiger partial charge in [0.15, 0.2) is 5.82 Å². The predicted molar refractivity (Wildman–Crippen MR) is 108 cm³/mol. The van der Waals surface area contributed by atoms with E-state index in [1.54, 1.807) is 12.4 Å². The highest BCUT2D eigenvalue weighted by Gasteiger charge is 2.10. The second-order valence-corrected chi connectivity index (χ2v) is 8.81. The molecule has 1 aromatic carbocycles. The van der Waals surface area contributed by atoms with E-state index >= 15 is 0 Å². The average molecular weight is 382 g/mol. The van der Waals surface area contributed by atoms with Crippen molar-refractivity contribution < 1.29 is 8.42 Å². The molecule has 2 aromatic heterocycles. The van der Waals surface area contributed by atoms with Crippen LogP contribution in [0.4, 0.5) is 11.5 Å². The van der Waals surface area contributed by atoms with Gasteiger partial charge in [-0.25, -0.2) is 18.4 Å². The number of aryl methyl sites for hydroxylation is 2. The molecule has 2 heterocycles. The number of aromatic nitrogens is 3. The van der Waals surface area contributed by atoms with Gasteiger partial charge in [0, 0.05) is 41.2 Å². The summed E-state index contributed by atoms with van der Waals surface area (Å²) in [7, 11) is -2.96. The van der Waals surface area contributed by atoms with Gasteiger partial charge in [-0.15, -0.1) is 0 Å². The molecule has 0 unspecified atom stereocenters. The van der Waals surface area contributed by atoms with Gasteiger partial charge in [0.2, 0.25) is 0 Å². The molecule has 0 radical (unpaired) electrons. The molecule has 27 heavy (non-hydrogen) atoms. The van der Waals surface area contributed by atoms with Crippen molar-refractivity contribution in [3.05, 3.63) is 65.6 Å². The number of anilines is 2. The molecule has 0 amide bonds. The van der Waals surface area contributed by atoms with E-state index in [-0.39, 0.29) is 5.75 Å². The van der Waals surface area contributed by atoms with Gasteiger partial charge >= 0.3 is 0 Å². The minimum Gasteiger partial charge on any atom is -0.340 e. The van der Waals surface area contributed by atoms with Crippen LogP contribution in [0.25, 0.3) is 11.4 Å². The smallest absolute Gasteiger partial charge is 0.163 e. The molecule has 0 fully saturated rings. The van der Waals surface area contributed by atoms with E-state index < -0.39 is 9.84 Å². The van der Waals surface area contributed by atoms with E-state index in [1.165, 1.54) is 6.26 Å². The zero-order valence-electron chi connectivity index (χ0n) is 15.6. The summed E-state index contributed by atoms with van der Waals surface area (Å²) in [6.45, 7) is 3.93. The van der Waals surface area contributed by atoms with Gasteiger partial charge in [0.05, 0.1) is 5.75 Å². The molecule has 7 heteroatoms. The first-order chi connectivity index (χ1) is 12.8. The second-order valence-electron chi connectivity index (χ2n) is 6.55. The number of nitrogens with one attached hydrogen (secondary N) is 1. The standard InChI is InChI=1S/C20H22N4O2S/c1-14-15(2)22-20(17-5-4-11-21-13-17)24-19(14)23-18-8-6-16(7-9-18)10-12-27(3,25)26/h4-9,11,13H,10,12H2,1-3H3,(H,22,23,24). The van der Waals surface area contributed by atoms with Crippen LogP contribution in [0.1, 0.15) is 16.8 Å². The number of nitrogens with zero attached hydrogens (tertiary/aromatic N) is 3. The van der Waals surface area contributed by atoms with Crippen molar-refractivity contribution in [1.29, 1.82) is 0 Å². The molecule has 0 saturated heterocycles. The predicted octanol–water partition coefficient (Wildman–Crippen LogP) is 3.49. The maximum atomic E-state index is 11.3. The van der Waals surface area contributed by atoms with E-state index in [0.717, 1.165) is 33.9 Å². The lowest BCUT2D eigenvalue weighted by molar-refractivity contribution is 0.601. The van der Waals surface area contributed by atoms with E-state index in [9.17, 15) is 8.42 Å². The molecule has 140 valence electrons. The van der Waals surface area contributed by atoms with Crippen molar-refractivity contribution in [3.8, 4) is 11.4 Å². The molecular weight excluding hydrogens is 360 g/mol. The van der Waals surface area contributed by atoms with Crippen LogP contribution in [0.5, 0.6) is 0 Å². The van der Waals surface area contributed by atoms with Gasteiger partial charge in [-0.1, -0.05) is 12.1 Å². The van der Waals surface area contributed by atoms with Crippen LogP contribution in [0, 0.1) is 13.8 Å². The Morgan fingerprint density at radius 2 is 1.78 bits per heavy atom. The highest BCUT2D eigenvalue weighted by Crippen LogP contribution is 2.24. The first-order valence-electron chi connectivity index (χ1n) is 8.61. The Morgan fingerprint density at radius 3 is 2.41 bits per heavy atom. The third kappa shape index (κ3) is 5.10. The third-order valence-electron chi connectivity index (χ3n) is 4.29. The largest absolute Gasteiger partial charge is 0.340 e. The van der Waals surface area contributed by atoms with Crippen molar-refractivity contribution in [1.82, 2.24) is 15.0 Å². The van der Waals surface area contributed by atoms with Crippen molar-refractivity contribution in [3.63, 3.8) is 0 Å². The lowest BCUT2D eigenvalue weighted by atomic mass is 10.1. The Hall–Kier alpha value is -2.80. The third-order valence-corrected chi connectivity index (χ3v) is 5.23. The molecule has 0 spiro atoms. The lowest BCUT2D eigenvalue weighted by Gasteiger charge is -2.13. The summed E-state index contributed by atoms with van der Waals surface area (Å²) in [4.78, 5) is 13.3. The number of hydrogen-bond donors (Lipinski definition) is 1. The minimum absolute atomic E-state index is 0.151. The molecule has 0 aliphatic carbocycles. The van der Waals surface area contributed by atoms with Crippen LogP contribution < -0.4 is 5.32 Å². The minimum atomic E-state index is -2.96. The fourth-order valence-electron chi connectivity index (χ4n) is 2.57. The van der Waals surface area contributed by atoms with Crippen LogP contribution in [-0.2, 0) is 16.3 Å². The Bertz CT molecular complexity index is 1030. The highest BCUT2D eigenvalue weighted by molar-refractivity contribution is 7.90. The van der Waals surface area contributed by atoms with Gasteiger partial charge in [-0.2, -0.15) is 0 Å². The fourth-order valence-corrected chi connectivity index (χ4v) is 3.18. The summed E-state index contributed by atoms with van der Waals surface area (Å²) in [5, 5.41) is 3.33. The van der Waals surface area contributed by atoms with E-state index in [4.69, 9.17) is 0 Å². The van der Waals surface area contributed by atoms with Gasteiger partial charge in [0.25, 0.3) is 0 Å². The zero-order chi connectivity index (χ0) is 19.4. The van der Waals surface area contributed by atoms with E-state index in [0.29, 0.717) is 12.2 Å². The summed E-state index contributed by atoms with van der Waals surface area (Å²) >= 11 is 0. The maximum absolute atomic E-state index is 11.3. The second kappa shape index (κ2) is 7.84. The number of sulfone groups is 1. The fraction of sp³-hybridized carbons (Fsp3) is 0.250. The molecule has 0 aliphatic heterocycles. The van der Waals surface area contributed by atoms with Crippen LogP contribution >= 0.6 is 0 Å². The first-order valence-corrected chi connectivity index (χ1v) is 10.7. The Balaban J connectivity index is 1.82. The van der Waals surface area contributed by atoms with Crippen molar-refractivity contribution in [2.75, 3.05) is 17.3 Å². The molecule has 0 atom stereocenters. The Labute approximate surface area is 159 Å². The van der Waals surface area contributed by atoms with Crippen LogP contribution in [0.15, 0.2) is 48.8 Å². The average Bonchev–Trinajstić information content (AvgIpc) is 2.65. The maximum Gasteiger partial charge on any atom is 0.163 e. The molecular formula is C20H22N4O2S. The van der Waals surface area contributed by atoms with Gasteiger partial charge in [-0.3, -0.25) is 4.98 Å². The topological polar surface area (TPSA) is 84.8 Å². The van der Waals surface area contributed by atoms with Gasteiger partial charge in [0.1, 0.15) is 15.7 Å². The molecule has 3 rings (SSSR count). The first kappa shape index (κ1) is 19.0. The van der Waals surface area contributed by atoms with Gasteiger partial charge < -0.3 is 5.32 Å². The summed E-state index contributed by atoms with van der Waals surface area (Å²) in [6, 6.07) is 11.5. The van der Waals surface area contributed by atoms with Crippen molar-refractivity contribution in [2.45, 2.75) is 20.3 Å². The van der Waals surface area contributed by atoms with E-state index in [1.807, 2.05) is 50.2 Å². The normalized spacial score (nSPS) is 11.4. The molecule has 3 aromatic rings. The van der Waals surface area contributed by atoms with Crippen molar-refractivity contribution in [2.24, 2.45) is 0 Å². The number of rotatable bonds is 6. The Kier molecular flexibility index (Phi) is 5.51. The monoisotopic (exact) mass is 382 g/mol. The summed E-state index contributed by atoms with van der Waals surface area (Å²) in [6.07, 6.45) is 5.22. The lowest BCUT2D eigenvalue weighted by Crippen LogP contribution is -2.06. The van der Waals surface area contributed by atoms with Gasteiger partial charge in [-0.05, 0) is 50.1 Å². The summed E-state index contributed by atoms with van der Waals surface area (Å²) in [5.74, 6) is 1.52.